The van der Waals surface area contributed by atoms with Crippen molar-refractivity contribution in [1.82, 2.24) is 5.32 Å². The smallest absolute Gasteiger partial charge is 0.0639 e. The fourth-order valence-electron chi connectivity index (χ4n) is 1.40. The van der Waals surface area contributed by atoms with Crippen LogP contribution in [0.4, 0.5) is 0 Å². The lowest BCUT2D eigenvalue weighted by molar-refractivity contribution is 0.128. The Balaban J connectivity index is 2.57. The number of ether oxygens (including phenoxy) is 1. The second kappa shape index (κ2) is 6.01. The normalized spacial score (nSPS) is 11.8. The third-order valence-electron chi connectivity index (χ3n) is 2.26. The molecule has 0 spiro atoms. The second-order valence-electron chi connectivity index (χ2n) is 4.42. The van der Waals surface area contributed by atoms with Crippen LogP contribution in [0.2, 0.25) is 5.02 Å². The quantitative estimate of drug-likeness (QED) is 0.897. The molecule has 0 aliphatic heterocycles. The average Bonchev–Trinajstić information content (AvgIpc) is 2.20. The molecular weight excluding hydrogens is 289 g/mol. The Hall–Kier alpha value is -0.0900. The third-order valence-corrected chi connectivity index (χ3v) is 3.49. The van der Waals surface area contributed by atoms with Gasteiger partial charge in [0.2, 0.25) is 0 Å². The fourth-order valence-corrected chi connectivity index (χ4v) is 1.85. The molecule has 0 aromatic heterocycles. The molecule has 0 saturated carbocycles. The molecule has 90 valence electrons. The zero-order chi connectivity index (χ0) is 12.2. The molecule has 0 aliphatic carbocycles. The highest BCUT2D eigenvalue weighted by Crippen LogP contribution is 2.23. The van der Waals surface area contributed by atoms with E-state index in [0.29, 0.717) is 6.61 Å². The first kappa shape index (κ1) is 14.0. The zero-order valence-electron chi connectivity index (χ0n) is 9.81. The van der Waals surface area contributed by atoms with Gasteiger partial charge in [-0.1, -0.05) is 17.7 Å². The molecule has 1 aromatic carbocycles. The number of benzene rings is 1. The van der Waals surface area contributed by atoms with E-state index in [2.05, 4.69) is 35.1 Å². The molecule has 0 aliphatic rings. The van der Waals surface area contributed by atoms with E-state index in [1.165, 1.54) is 0 Å². The molecule has 0 heterocycles. The highest BCUT2D eigenvalue weighted by Gasteiger charge is 2.16. The van der Waals surface area contributed by atoms with E-state index in [4.69, 9.17) is 16.3 Å². The van der Waals surface area contributed by atoms with Gasteiger partial charge in [-0.3, -0.25) is 0 Å². The first-order valence-corrected chi connectivity index (χ1v) is 6.29. The topological polar surface area (TPSA) is 21.3 Å². The zero-order valence-corrected chi connectivity index (χ0v) is 12.2. The minimum Gasteiger partial charge on any atom is -0.383 e. The molecule has 0 atom stereocenters. The molecular formula is C12H17BrClNO. The van der Waals surface area contributed by atoms with Crippen molar-refractivity contribution in [2.45, 2.75) is 25.9 Å². The SMILES string of the molecule is COCC(C)(C)NCc1ccc(Br)c(Cl)c1. The summed E-state index contributed by atoms with van der Waals surface area (Å²) in [6.07, 6.45) is 0. The lowest BCUT2D eigenvalue weighted by Crippen LogP contribution is -2.42. The summed E-state index contributed by atoms with van der Waals surface area (Å²) in [5.41, 5.74) is 1.13. The van der Waals surface area contributed by atoms with E-state index in [9.17, 15) is 0 Å². The van der Waals surface area contributed by atoms with Crippen molar-refractivity contribution in [2.24, 2.45) is 0 Å². The van der Waals surface area contributed by atoms with Gasteiger partial charge in [-0.15, -0.1) is 0 Å². The number of methoxy groups -OCH3 is 1. The second-order valence-corrected chi connectivity index (χ2v) is 5.68. The van der Waals surface area contributed by atoms with Crippen molar-refractivity contribution >= 4 is 27.5 Å². The van der Waals surface area contributed by atoms with Gasteiger partial charge in [-0.25, -0.2) is 0 Å². The maximum atomic E-state index is 6.03. The molecule has 1 aromatic rings. The Morgan fingerprint density at radius 1 is 1.44 bits per heavy atom. The number of halogens is 2. The van der Waals surface area contributed by atoms with Crippen molar-refractivity contribution in [3.8, 4) is 0 Å². The van der Waals surface area contributed by atoms with Crippen LogP contribution in [0.3, 0.4) is 0 Å². The Kier molecular flexibility index (Phi) is 5.25. The number of hydrogen-bond acceptors (Lipinski definition) is 2. The fraction of sp³-hybridized carbons (Fsp3) is 0.500. The monoisotopic (exact) mass is 305 g/mol. The maximum Gasteiger partial charge on any atom is 0.0639 e. The molecule has 2 nitrogen and oxygen atoms in total. The van der Waals surface area contributed by atoms with Crippen LogP contribution in [0, 0.1) is 0 Å². The Morgan fingerprint density at radius 2 is 2.12 bits per heavy atom. The van der Waals surface area contributed by atoms with Gasteiger partial charge in [0.05, 0.1) is 11.6 Å². The summed E-state index contributed by atoms with van der Waals surface area (Å²) in [6.45, 7) is 5.68. The standard InChI is InChI=1S/C12H17BrClNO/c1-12(2,8-16-3)15-7-9-4-5-10(13)11(14)6-9/h4-6,15H,7-8H2,1-3H3. The summed E-state index contributed by atoms with van der Waals surface area (Å²) in [5, 5.41) is 4.16. The van der Waals surface area contributed by atoms with Gasteiger partial charge in [0.1, 0.15) is 0 Å². The molecule has 1 rings (SSSR count). The highest BCUT2D eigenvalue weighted by atomic mass is 79.9. The minimum absolute atomic E-state index is 0.0334. The molecule has 0 bridgehead atoms. The summed E-state index contributed by atoms with van der Waals surface area (Å²) in [5.74, 6) is 0. The van der Waals surface area contributed by atoms with Crippen molar-refractivity contribution in [2.75, 3.05) is 13.7 Å². The molecule has 4 heteroatoms. The largest absolute Gasteiger partial charge is 0.383 e. The van der Waals surface area contributed by atoms with Gasteiger partial charge in [0.15, 0.2) is 0 Å². The van der Waals surface area contributed by atoms with Gasteiger partial charge in [0.25, 0.3) is 0 Å². The van der Waals surface area contributed by atoms with Gasteiger partial charge < -0.3 is 10.1 Å². The van der Waals surface area contributed by atoms with Gasteiger partial charge >= 0.3 is 0 Å². The van der Waals surface area contributed by atoms with Crippen molar-refractivity contribution in [3.05, 3.63) is 33.3 Å². The van der Waals surface area contributed by atoms with Crippen LogP contribution in [0.5, 0.6) is 0 Å². The lowest BCUT2D eigenvalue weighted by atomic mass is 10.1. The summed E-state index contributed by atoms with van der Waals surface area (Å²) in [6, 6.07) is 5.97. The van der Waals surface area contributed by atoms with E-state index < -0.39 is 0 Å². The lowest BCUT2D eigenvalue weighted by Gasteiger charge is -2.25. The highest BCUT2D eigenvalue weighted by molar-refractivity contribution is 9.10. The van der Waals surface area contributed by atoms with Crippen LogP contribution < -0.4 is 5.32 Å². The predicted molar refractivity (Wildman–Crippen MR) is 71.9 cm³/mol. The summed E-state index contributed by atoms with van der Waals surface area (Å²) >= 11 is 9.40. The molecule has 0 unspecified atom stereocenters. The minimum atomic E-state index is -0.0334. The van der Waals surface area contributed by atoms with E-state index >= 15 is 0 Å². The molecule has 16 heavy (non-hydrogen) atoms. The summed E-state index contributed by atoms with van der Waals surface area (Å²) in [7, 11) is 1.71. The van der Waals surface area contributed by atoms with Gasteiger partial charge in [-0.2, -0.15) is 0 Å². The molecule has 0 saturated heterocycles. The van der Waals surface area contributed by atoms with Crippen LogP contribution in [0.15, 0.2) is 22.7 Å². The first-order valence-electron chi connectivity index (χ1n) is 5.12. The maximum absolute atomic E-state index is 6.03. The molecule has 0 radical (unpaired) electrons. The van der Waals surface area contributed by atoms with Crippen LogP contribution >= 0.6 is 27.5 Å². The molecule has 0 amide bonds. The van der Waals surface area contributed by atoms with Crippen molar-refractivity contribution in [1.29, 1.82) is 0 Å². The summed E-state index contributed by atoms with van der Waals surface area (Å²) < 4.78 is 6.07. The van der Waals surface area contributed by atoms with Crippen LogP contribution in [-0.2, 0) is 11.3 Å². The molecule has 1 N–H and O–H groups in total. The van der Waals surface area contributed by atoms with Crippen LogP contribution in [0.1, 0.15) is 19.4 Å². The number of nitrogens with one attached hydrogen (secondary N) is 1. The Morgan fingerprint density at radius 3 is 2.69 bits per heavy atom. The summed E-state index contributed by atoms with van der Waals surface area (Å²) in [4.78, 5) is 0. The van der Waals surface area contributed by atoms with Crippen LogP contribution in [0.25, 0.3) is 0 Å². The van der Waals surface area contributed by atoms with Gasteiger partial charge in [0, 0.05) is 23.7 Å². The predicted octanol–water partition coefficient (Wildman–Crippen LogP) is 3.62. The van der Waals surface area contributed by atoms with E-state index in [0.717, 1.165) is 21.6 Å². The number of rotatable bonds is 5. The molecule has 0 fully saturated rings. The third kappa shape index (κ3) is 4.42. The number of hydrogen-bond donors (Lipinski definition) is 1. The van der Waals surface area contributed by atoms with E-state index in [1.807, 2.05) is 18.2 Å². The van der Waals surface area contributed by atoms with Crippen LogP contribution in [-0.4, -0.2) is 19.3 Å². The van der Waals surface area contributed by atoms with E-state index in [1.54, 1.807) is 7.11 Å². The Bertz CT molecular complexity index is 355. The average molecular weight is 307 g/mol. The van der Waals surface area contributed by atoms with E-state index in [-0.39, 0.29) is 5.54 Å². The van der Waals surface area contributed by atoms with Crippen molar-refractivity contribution < 1.29 is 4.74 Å². The first-order chi connectivity index (χ1) is 7.44. The Labute approximate surface area is 110 Å². The van der Waals surface area contributed by atoms with Crippen molar-refractivity contribution in [3.63, 3.8) is 0 Å². The van der Waals surface area contributed by atoms with Gasteiger partial charge in [-0.05, 0) is 47.5 Å².